The van der Waals surface area contributed by atoms with Crippen molar-refractivity contribution < 1.29 is 8.42 Å². The molecule has 2 aromatic rings. The zero-order valence-corrected chi connectivity index (χ0v) is 11.0. The van der Waals surface area contributed by atoms with Gasteiger partial charge in [0.2, 0.25) is 0 Å². The average molecular weight is 278 g/mol. The minimum absolute atomic E-state index is 0.0587. The van der Waals surface area contributed by atoms with Gasteiger partial charge in [-0.2, -0.15) is 13.5 Å². The number of hydrogen-bond acceptors (Lipinski definition) is 4. The van der Waals surface area contributed by atoms with E-state index in [1.165, 1.54) is 12.3 Å². The number of hydrogen-bond donors (Lipinski definition) is 3. The highest BCUT2D eigenvalue weighted by molar-refractivity contribution is 7.92. The number of aromatic nitrogens is 2. The molecule has 1 aliphatic heterocycles. The summed E-state index contributed by atoms with van der Waals surface area (Å²) >= 11 is 0. The van der Waals surface area contributed by atoms with E-state index in [0.29, 0.717) is 5.69 Å². The summed E-state index contributed by atoms with van der Waals surface area (Å²) in [5.41, 5.74) is 2.78. The molecule has 0 amide bonds. The zero-order valence-electron chi connectivity index (χ0n) is 10.2. The number of rotatable bonds is 3. The third kappa shape index (κ3) is 2.41. The van der Waals surface area contributed by atoms with E-state index in [4.69, 9.17) is 0 Å². The minimum atomic E-state index is -3.58. The van der Waals surface area contributed by atoms with Crippen LogP contribution in [-0.2, 0) is 16.4 Å². The average Bonchev–Trinajstić information content (AvgIpc) is 2.93. The van der Waals surface area contributed by atoms with Gasteiger partial charge in [0.25, 0.3) is 10.0 Å². The highest BCUT2D eigenvalue weighted by atomic mass is 32.2. The number of anilines is 2. The molecular weight excluding hydrogens is 264 g/mol. The Morgan fingerprint density at radius 2 is 2.16 bits per heavy atom. The number of benzene rings is 1. The van der Waals surface area contributed by atoms with Gasteiger partial charge in [-0.15, -0.1) is 0 Å². The number of fused-ring (bicyclic) bond motifs is 1. The van der Waals surface area contributed by atoms with Gasteiger partial charge in [0.1, 0.15) is 0 Å². The first-order valence-corrected chi connectivity index (χ1v) is 7.52. The number of H-pyrrole nitrogens is 1. The molecule has 1 aromatic carbocycles. The van der Waals surface area contributed by atoms with Crippen LogP contribution >= 0.6 is 0 Å². The molecule has 3 N–H and O–H groups in total. The zero-order chi connectivity index (χ0) is 13.3. The summed E-state index contributed by atoms with van der Waals surface area (Å²) in [6.07, 6.45) is 3.43. The Morgan fingerprint density at radius 3 is 2.95 bits per heavy atom. The highest BCUT2D eigenvalue weighted by Gasteiger charge is 2.16. The number of nitrogens with one attached hydrogen (secondary N) is 3. The summed E-state index contributed by atoms with van der Waals surface area (Å²) in [6.45, 7) is 0.965. The Bertz CT molecular complexity index is 680. The van der Waals surface area contributed by atoms with Crippen LogP contribution in [0.1, 0.15) is 12.0 Å². The maximum atomic E-state index is 12.0. The SMILES string of the molecule is O=S(=O)(Nc1ccc2c(c1)CCCN2)c1ccn[nH]1. The Balaban J connectivity index is 1.88. The van der Waals surface area contributed by atoms with Crippen molar-refractivity contribution in [1.82, 2.24) is 10.2 Å². The van der Waals surface area contributed by atoms with Crippen molar-refractivity contribution in [3.8, 4) is 0 Å². The first-order chi connectivity index (χ1) is 9.15. The van der Waals surface area contributed by atoms with Gasteiger partial charge in [-0.05, 0) is 42.7 Å². The van der Waals surface area contributed by atoms with Crippen molar-refractivity contribution in [2.24, 2.45) is 0 Å². The van der Waals surface area contributed by atoms with Crippen LogP contribution in [0.15, 0.2) is 35.5 Å². The fourth-order valence-electron chi connectivity index (χ4n) is 2.14. The lowest BCUT2D eigenvalue weighted by Gasteiger charge is -2.18. The molecule has 0 fully saturated rings. The molecule has 0 saturated heterocycles. The molecule has 2 heterocycles. The second kappa shape index (κ2) is 4.58. The van der Waals surface area contributed by atoms with Crippen molar-refractivity contribution in [1.29, 1.82) is 0 Å². The van der Waals surface area contributed by atoms with Crippen LogP contribution in [0.3, 0.4) is 0 Å². The molecule has 1 aliphatic rings. The van der Waals surface area contributed by atoms with Gasteiger partial charge in [0, 0.05) is 17.9 Å². The second-order valence-corrected chi connectivity index (χ2v) is 6.08. The van der Waals surface area contributed by atoms with Crippen molar-refractivity contribution in [3.05, 3.63) is 36.0 Å². The normalized spacial score (nSPS) is 14.5. The van der Waals surface area contributed by atoms with Crippen LogP contribution in [0.5, 0.6) is 0 Å². The number of aromatic amines is 1. The van der Waals surface area contributed by atoms with E-state index >= 15 is 0 Å². The van der Waals surface area contributed by atoms with Crippen molar-refractivity contribution in [3.63, 3.8) is 0 Å². The van der Waals surface area contributed by atoms with E-state index in [1.807, 2.05) is 12.1 Å². The Morgan fingerprint density at radius 1 is 1.26 bits per heavy atom. The Kier molecular flexibility index (Phi) is 2.90. The smallest absolute Gasteiger partial charge is 0.278 e. The standard InChI is InChI=1S/C12H14N4O2S/c17-19(18,12-5-7-14-15-12)16-10-3-4-11-9(8-10)2-1-6-13-11/h3-5,7-8,13,16H,1-2,6H2,(H,14,15). The summed E-state index contributed by atoms with van der Waals surface area (Å²) < 4.78 is 26.6. The number of sulfonamides is 1. The van der Waals surface area contributed by atoms with Crippen molar-refractivity contribution >= 4 is 21.4 Å². The van der Waals surface area contributed by atoms with Gasteiger partial charge in [-0.25, -0.2) is 0 Å². The van der Waals surface area contributed by atoms with Gasteiger partial charge >= 0.3 is 0 Å². The van der Waals surface area contributed by atoms with E-state index in [-0.39, 0.29) is 5.03 Å². The van der Waals surface area contributed by atoms with Gasteiger partial charge in [-0.3, -0.25) is 9.82 Å². The van der Waals surface area contributed by atoms with E-state index in [2.05, 4.69) is 20.2 Å². The first-order valence-electron chi connectivity index (χ1n) is 6.04. The third-order valence-electron chi connectivity index (χ3n) is 3.06. The topological polar surface area (TPSA) is 86.9 Å². The summed E-state index contributed by atoms with van der Waals surface area (Å²) in [6, 6.07) is 6.95. The molecule has 0 atom stereocenters. The van der Waals surface area contributed by atoms with Gasteiger partial charge in [0.05, 0.1) is 6.20 Å². The molecule has 1 aromatic heterocycles. The lowest BCUT2D eigenvalue weighted by Crippen LogP contribution is -2.15. The van der Waals surface area contributed by atoms with Gasteiger partial charge in [0.15, 0.2) is 5.03 Å². The number of aryl methyl sites for hydroxylation is 1. The molecule has 6 nitrogen and oxygen atoms in total. The molecule has 7 heteroatoms. The van der Waals surface area contributed by atoms with Crippen LogP contribution in [0, 0.1) is 0 Å². The molecule has 3 rings (SSSR count). The molecule has 100 valence electrons. The molecule has 0 bridgehead atoms. The maximum Gasteiger partial charge on any atom is 0.278 e. The molecule has 0 aliphatic carbocycles. The van der Waals surface area contributed by atoms with Crippen molar-refractivity contribution in [2.75, 3.05) is 16.6 Å². The van der Waals surface area contributed by atoms with E-state index in [9.17, 15) is 8.42 Å². The van der Waals surface area contributed by atoms with Crippen LogP contribution in [0.2, 0.25) is 0 Å². The predicted octanol–water partition coefficient (Wildman–Crippen LogP) is 1.57. The summed E-state index contributed by atoms with van der Waals surface area (Å²) in [7, 11) is -3.58. The van der Waals surface area contributed by atoms with Gasteiger partial charge < -0.3 is 5.32 Å². The van der Waals surface area contributed by atoms with Crippen molar-refractivity contribution in [2.45, 2.75) is 17.9 Å². The van der Waals surface area contributed by atoms with E-state index < -0.39 is 10.0 Å². The lowest BCUT2D eigenvalue weighted by atomic mass is 10.0. The second-order valence-electron chi connectivity index (χ2n) is 4.43. The lowest BCUT2D eigenvalue weighted by molar-refractivity contribution is 0.597. The van der Waals surface area contributed by atoms with Crippen LogP contribution < -0.4 is 10.0 Å². The molecule has 0 radical (unpaired) electrons. The van der Waals surface area contributed by atoms with E-state index in [0.717, 1.165) is 30.6 Å². The van der Waals surface area contributed by atoms with E-state index in [1.54, 1.807) is 6.07 Å². The summed E-state index contributed by atoms with van der Waals surface area (Å²) in [4.78, 5) is 0. The third-order valence-corrected chi connectivity index (χ3v) is 4.37. The fraction of sp³-hybridized carbons (Fsp3) is 0.250. The Labute approximate surface area is 111 Å². The van der Waals surface area contributed by atoms with Gasteiger partial charge in [-0.1, -0.05) is 0 Å². The maximum absolute atomic E-state index is 12.0. The molecule has 0 spiro atoms. The Hall–Kier alpha value is -2.02. The quantitative estimate of drug-likeness (QED) is 0.795. The molecule has 19 heavy (non-hydrogen) atoms. The highest BCUT2D eigenvalue weighted by Crippen LogP contribution is 2.26. The first kappa shape index (κ1) is 12.0. The monoisotopic (exact) mass is 278 g/mol. The molecule has 0 saturated carbocycles. The number of nitrogens with zero attached hydrogens (tertiary/aromatic N) is 1. The summed E-state index contributed by atoms with van der Waals surface area (Å²) in [5.74, 6) is 0. The predicted molar refractivity (Wildman–Crippen MR) is 72.6 cm³/mol. The van der Waals surface area contributed by atoms with Crippen LogP contribution in [-0.4, -0.2) is 25.2 Å². The minimum Gasteiger partial charge on any atom is -0.385 e. The molecule has 0 unspecified atom stereocenters. The largest absolute Gasteiger partial charge is 0.385 e. The van der Waals surface area contributed by atoms with Crippen LogP contribution in [0.25, 0.3) is 0 Å². The van der Waals surface area contributed by atoms with Crippen LogP contribution in [0.4, 0.5) is 11.4 Å². The molecular formula is C12H14N4O2S. The fourth-order valence-corrected chi connectivity index (χ4v) is 3.10. The summed E-state index contributed by atoms with van der Waals surface area (Å²) in [5, 5.41) is 9.44.